The van der Waals surface area contributed by atoms with Gasteiger partial charge in [-0.15, -0.1) is 0 Å². The molecule has 0 radical (unpaired) electrons. The number of carbonyl (C=O) groups excluding carboxylic acids is 1. The maximum atomic E-state index is 14.3. The summed E-state index contributed by atoms with van der Waals surface area (Å²) in [4.78, 5) is 19.6. The van der Waals surface area contributed by atoms with E-state index in [0.717, 1.165) is 18.2 Å². The van der Waals surface area contributed by atoms with Crippen molar-refractivity contribution in [1.29, 1.82) is 0 Å². The third-order valence-corrected chi connectivity index (χ3v) is 3.60. The molecule has 0 bridgehead atoms. The molecule has 3 rings (SSSR count). The summed E-state index contributed by atoms with van der Waals surface area (Å²) < 4.78 is 54.1. The van der Waals surface area contributed by atoms with Gasteiger partial charge in [-0.1, -0.05) is 6.58 Å². The van der Waals surface area contributed by atoms with Crippen LogP contribution in [0, 0.1) is 5.82 Å². The monoisotopic (exact) mass is 364 g/mol. The SMILES string of the molecule is C=CC(=O)NCc1cn2ccnc2c(-c2ccc(C(F)(F)F)cc2F)n1. The number of nitrogens with one attached hydrogen (secondary N) is 1. The molecule has 1 amide bonds. The summed E-state index contributed by atoms with van der Waals surface area (Å²) in [6.45, 7) is 3.37. The molecule has 3 aromatic rings. The molecule has 0 atom stereocenters. The van der Waals surface area contributed by atoms with Crippen molar-refractivity contribution in [2.24, 2.45) is 0 Å². The van der Waals surface area contributed by atoms with Gasteiger partial charge < -0.3 is 9.72 Å². The van der Waals surface area contributed by atoms with Crippen LogP contribution in [-0.4, -0.2) is 20.3 Å². The van der Waals surface area contributed by atoms with Gasteiger partial charge in [-0.05, 0) is 24.3 Å². The Morgan fingerprint density at radius 1 is 1.35 bits per heavy atom. The molecule has 2 heterocycles. The van der Waals surface area contributed by atoms with Crippen LogP contribution >= 0.6 is 0 Å². The molecule has 0 saturated heterocycles. The molecule has 1 N–H and O–H groups in total. The minimum atomic E-state index is -4.65. The quantitative estimate of drug-likeness (QED) is 0.571. The fourth-order valence-electron chi connectivity index (χ4n) is 2.38. The highest BCUT2D eigenvalue weighted by molar-refractivity contribution is 5.86. The molecule has 2 aromatic heterocycles. The number of alkyl halides is 3. The number of fused-ring (bicyclic) bond motifs is 1. The number of aromatic nitrogens is 3. The second-order valence-electron chi connectivity index (χ2n) is 5.35. The first-order valence-electron chi connectivity index (χ1n) is 7.39. The number of rotatable bonds is 4. The Kier molecular flexibility index (Phi) is 4.45. The maximum absolute atomic E-state index is 14.3. The first kappa shape index (κ1) is 17.6. The van der Waals surface area contributed by atoms with Crippen LogP contribution < -0.4 is 5.32 Å². The molecule has 0 aliphatic rings. The molecule has 5 nitrogen and oxygen atoms in total. The zero-order valence-electron chi connectivity index (χ0n) is 13.2. The minimum absolute atomic E-state index is 0.0359. The van der Waals surface area contributed by atoms with Gasteiger partial charge in [0, 0.05) is 24.2 Å². The van der Waals surface area contributed by atoms with Crippen molar-refractivity contribution in [3.8, 4) is 11.3 Å². The molecule has 0 fully saturated rings. The van der Waals surface area contributed by atoms with Crippen molar-refractivity contribution in [1.82, 2.24) is 19.7 Å². The molecule has 0 unspecified atom stereocenters. The van der Waals surface area contributed by atoms with Crippen molar-refractivity contribution in [2.45, 2.75) is 12.7 Å². The number of imidazole rings is 1. The number of hydrogen-bond donors (Lipinski definition) is 1. The summed E-state index contributed by atoms with van der Waals surface area (Å²) >= 11 is 0. The molecule has 0 aliphatic carbocycles. The van der Waals surface area contributed by atoms with E-state index < -0.39 is 23.5 Å². The zero-order valence-corrected chi connectivity index (χ0v) is 13.2. The molecule has 1 aromatic carbocycles. The van der Waals surface area contributed by atoms with E-state index in [4.69, 9.17) is 0 Å². The van der Waals surface area contributed by atoms with Crippen LogP contribution in [0.5, 0.6) is 0 Å². The zero-order chi connectivity index (χ0) is 18.9. The predicted octanol–water partition coefficient (Wildman–Crippen LogP) is 3.36. The van der Waals surface area contributed by atoms with Crippen LogP contribution in [0.1, 0.15) is 11.3 Å². The van der Waals surface area contributed by atoms with Crippen LogP contribution in [0.3, 0.4) is 0 Å². The Bertz CT molecular complexity index is 994. The number of amides is 1. The van der Waals surface area contributed by atoms with Gasteiger partial charge in [0.25, 0.3) is 0 Å². The Hall–Kier alpha value is -3.23. The second-order valence-corrected chi connectivity index (χ2v) is 5.35. The summed E-state index contributed by atoms with van der Waals surface area (Å²) in [5.41, 5.74) is -0.479. The van der Waals surface area contributed by atoms with E-state index in [1.807, 2.05) is 0 Å². The molecule has 134 valence electrons. The highest BCUT2D eigenvalue weighted by atomic mass is 19.4. The Balaban J connectivity index is 2.08. The summed E-state index contributed by atoms with van der Waals surface area (Å²) in [6, 6.07) is 2.22. The van der Waals surface area contributed by atoms with Crippen LogP contribution in [-0.2, 0) is 17.5 Å². The van der Waals surface area contributed by atoms with Gasteiger partial charge in [0.2, 0.25) is 5.91 Å². The minimum Gasteiger partial charge on any atom is -0.347 e. The fraction of sp³-hybridized carbons (Fsp3) is 0.118. The molecule has 0 aliphatic heterocycles. The van der Waals surface area contributed by atoms with Crippen molar-refractivity contribution >= 4 is 11.6 Å². The number of benzene rings is 1. The Morgan fingerprint density at radius 2 is 2.12 bits per heavy atom. The van der Waals surface area contributed by atoms with Crippen molar-refractivity contribution in [3.63, 3.8) is 0 Å². The molecular weight excluding hydrogens is 352 g/mol. The fourth-order valence-corrected chi connectivity index (χ4v) is 2.38. The van der Waals surface area contributed by atoms with Crippen LogP contribution in [0.25, 0.3) is 16.9 Å². The van der Waals surface area contributed by atoms with Gasteiger partial charge >= 0.3 is 6.18 Å². The van der Waals surface area contributed by atoms with E-state index in [-0.39, 0.29) is 23.4 Å². The Labute approximate surface area is 145 Å². The molecule has 26 heavy (non-hydrogen) atoms. The summed E-state index contributed by atoms with van der Waals surface area (Å²) in [6.07, 6.45) is 1.06. The lowest BCUT2D eigenvalue weighted by Gasteiger charge is -2.11. The largest absolute Gasteiger partial charge is 0.416 e. The number of hydrogen-bond acceptors (Lipinski definition) is 3. The first-order valence-corrected chi connectivity index (χ1v) is 7.39. The van der Waals surface area contributed by atoms with Gasteiger partial charge in [0.05, 0.1) is 17.8 Å². The maximum Gasteiger partial charge on any atom is 0.416 e. The summed E-state index contributed by atoms with van der Waals surface area (Å²) in [7, 11) is 0. The normalized spacial score (nSPS) is 11.5. The van der Waals surface area contributed by atoms with Crippen LogP contribution in [0.2, 0.25) is 0 Å². The van der Waals surface area contributed by atoms with Crippen molar-refractivity contribution in [3.05, 3.63) is 66.5 Å². The molecule has 0 saturated carbocycles. The molecular formula is C17H12F4N4O. The van der Waals surface area contributed by atoms with Crippen molar-refractivity contribution < 1.29 is 22.4 Å². The van der Waals surface area contributed by atoms with Gasteiger partial charge in [0.1, 0.15) is 11.5 Å². The summed E-state index contributed by atoms with van der Waals surface area (Å²) in [5.74, 6) is -1.48. The lowest BCUT2D eigenvalue weighted by molar-refractivity contribution is -0.137. The van der Waals surface area contributed by atoms with E-state index in [2.05, 4.69) is 21.9 Å². The van der Waals surface area contributed by atoms with E-state index in [9.17, 15) is 22.4 Å². The first-order chi connectivity index (χ1) is 12.3. The number of halogens is 4. The van der Waals surface area contributed by atoms with Gasteiger partial charge in [0.15, 0.2) is 5.65 Å². The third kappa shape index (κ3) is 3.41. The number of nitrogens with zero attached hydrogens (tertiary/aromatic N) is 3. The average molecular weight is 364 g/mol. The van der Waals surface area contributed by atoms with Gasteiger partial charge in [-0.3, -0.25) is 4.79 Å². The van der Waals surface area contributed by atoms with Crippen LogP contribution in [0.4, 0.5) is 17.6 Å². The Morgan fingerprint density at radius 3 is 2.77 bits per heavy atom. The van der Waals surface area contributed by atoms with E-state index in [1.54, 1.807) is 16.8 Å². The molecule has 9 heteroatoms. The predicted molar refractivity (Wildman–Crippen MR) is 85.4 cm³/mol. The highest BCUT2D eigenvalue weighted by Gasteiger charge is 2.31. The average Bonchev–Trinajstić information content (AvgIpc) is 3.06. The highest BCUT2D eigenvalue weighted by Crippen LogP contribution is 2.33. The molecule has 0 spiro atoms. The lowest BCUT2D eigenvalue weighted by Crippen LogP contribution is -2.21. The topological polar surface area (TPSA) is 59.3 Å². The standard InChI is InChI=1S/C17H12F4N4O/c1-2-14(26)23-8-11-9-25-6-5-22-16(25)15(24-11)12-4-3-10(7-13(12)18)17(19,20)21/h2-7,9H,1,8H2,(H,23,26). The van der Waals surface area contributed by atoms with E-state index in [0.29, 0.717) is 11.8 Å². The van der Waals surface area contributed by atoms with Gasteiger partial charge in [-0.25, -0.2) is 14.4 Å². The third-order valence-electron chi connectivity index (χ3n) is 3.60. The number of carbonyl (C=O) groups is 1. The van der Waals surface area contributed by atoms with E-state index >= 15 is 0 Å². The smallest absolute Gasteiger partial charge is 0.347 e. The van der Waals surface area contributed by atoms with E-state index in [1.165, 1.54) is 6.20 Å². The second kappa shape index (κ2) is 6.58. The summed E-state index contributed by atoms with van der Waals surface area (Å²) in [5, 5.41) is 2.53. The van der Waals surface area contributed by atoms with Gasteiger partial charge in [-0.2, -0.15) is 13.2 Å². The lowest BCUT2D eigenvalue weighted by atomic mass is 10.1. The van der Waals surface area contributed by atoms with Crippen molar-refractivity contribution in [2.75, 3.05) is 0 Å². The van der Waals surface area contributed by atoms with Crippen LogP contribution in [0.15, 0.2) is 49.4 Å².